The van der Waals surface area contributed by atoms with Gasteiger partial charge in [0.2, 0.25) is 6.79 Å². The Morgan fingerprint density at radius 2 is 1.79 bits per heavy atom. The quantitative estimate of drug-likeness (QED) is 0.697. The van der Waals surface area contributed by atoms with E-state index < -0.39 is 5.63 Å². The molecule has 3 aromatic rings. The summed E-state index contributed by atoms with van der Waals surface area (Å²) < 4.78 is 16.5. The van der Waals surface area contributed by atoms with E-state index in [4.69, 9.17) is 13.9 Å². The van der Waals surface area contributed by atoms with Gasteiger partial charge in [0.1, 0.15) is 11.3 Å². The third kappa shape index (κ3) is 2.99. The maximum atomic E-state index is 12.8. The van der Waals surface area contributed by atoms with Gasteiger partial charge < -0.3 is 19.0 Å². The van der Waals surface area contributed by atoms with Crippen molar-refractivity contribution in [1.82, 2.24) is 4.90 Å². The highest BCUT2D eigenvalue weighted by Crippen LogP contribution is 2.36. The van der Waals surface area contributed by atoms with Crippen LogP contribution >= 0.6 is 0 Å². The van der Waals surface area contributed by atoms with E-state index in [0.717, 1.165) is 31.3 Å². The van der Waals surface area contributed by atoms with Gasteiger partial charge in [0.15, 0.2) is 11.5 Å². The van der Waals surface area contributed by atoms with Crippen LogP contribution in [0, 0.1) is 0 Å². The molecule has 1 aromatic heterocycles. The Bertz CT molecular complexity index is 1100. The summed E-state index contributed by atoms with van der Waals surface area (Å²) in [6, 6.07) is 10.7. The highest BCUT2D eigenvalue weighted by molar-refractivity contribution is 5.86. The molecule has 0 atom stereocenters. The number of likely N-dealkylation sites (tertiary alicyclic amines) is 1. The highest BCUT2D eigenvalue weighted by atomic mass is 16.7. The second-order valence-corrected chi connectivity index (χ2v) is 7.33. The number of phenolic OH excluding ortho intramolecular Hbond substituents is 1. The smallest absolute Gasteiger partial charge is 0.344 e. The lowest BCUT2D eigenvalue weighted by Crippen LogP contribution is -2.29. The lowest BCUT2D eigenvalue weighted by Gasteiger charge is -2.26. The first-order valence-corrected chi connectivity index (χ1v) is 9.60. The van der Waals surface area contributed by atoms with Crippen LogP contribution in [-0.2, 0) is 6.54 Å². The monoisotopic (exact) mass is 379 g/mol. The van der Waals surface area contributed by atoms with E-state index in [1.807, 2.05) is 12.1 Å². The third-order valence-electron chi connectivity index (χ3n) is 5.49. The fourth-order valence-corrected chi connectivity index (χ4v) is 3.99. The van der Waals surface area contributed by atoms with Gasteiger partial charge in [-0.15, -0.1) is 0 Å². The van der Waals surface area contributed by atoms with Gasteiger partial charge in [-0.1, -0.05) is 12.5 Å². The Balaban J connectivity index is 1.58. The van der Waals surface area contributed by atoms with Gasteiger partial charge in [-0.2, -0.15) is 0 Å². The van der Waals surface area contributed by atoms with E-state index in [1.165, 1.54) is 6.42 Å². The maximum absolute atomic E-state index is 12.8. The minimum Gasteiger partial charge on any atom is -0.507 e. The minimum atomic E-state index is -0.433. The molecule has 0 radical (unpaired) electrons. The number of phenols is 1. The predicted molar refractivity (Wildman–Crippen MR) is 105 cm³/mol. The summed E-state index contributed by atoms with van der Waals surface area (Å²) in [5.74, 6) is 1.45. The number of aromatic hydroxyl groups is 1. The molecule has 3 heterocycles. The van der Waals surface area contributed by atoms with Crippen LogP contribution in [0.5, 0.6) is 17.2 Å². The average Bonchev–Trinajstić information content (AvgIpc) is 3.19. The topological polar surface area (TPSA) is 72.1 Å². The Morgan fingerprint density at radius 3 is 2.64 bits per heavy atom. The highest BCUT2D eigenvalue weighted by Gasteiger charge is 2.19. The van der Waals surface area contributed by atoms with Crippen molar-refractivity contribution in [2.45, 2.75) is 25.8 Å². The lowest BCUT2D eigenvalue weighted by atomic mass is 10.0. The molecule has 1 saturated heterocycles. The molecule has 2 aliphatic heterocycles. The first-order valence-electron chi connectivity index (χ1n) is 9.60. The van der Waals surface area contributed by atoms with Crippen molar-refractivity contribution in [1.29, 1.82) is 0 Å². The molecule has 6 heteroatoms. The summed E-state index contributed by atoms with van der Waals surface area (Å²) in [5.41, 5.74) is 1.87. The molecule has 0 aliphatic carbocycles. The van der Waals surface area contributed by atoms with Crippen LogP contribution in [0.4, 0.5) is 0 Å². The van der Waals surface area contributed by atoms with Crippen LogP contribution in [0.15, 0.2) is 45.6 Å². The number of rotatable bonds is 3. The van der Waals surface area contributed by atoms with Crippen molar-refractivity contribution in [2.75, 3.05) is 19.9 Å². The molecule has 0 unspecified atom stereocenters. The van der Waals surface area contributed by atoms with Crippen molar-refractivity contribution in [2.24, 2.45) is 0 Å². The minimum absolute atomic E-state index is 0.164. The molecule has 6 nitrogen and oxygen atoms in total. The molecule has 0 spiro atoms. The fraction of sp³-hybridized carbons (Fsp3) is 0.318. The summed E-state index contributed by atoms with van der Waals surface area (Å²) in [6.07, 6.45) is 3.56. The van der Waals surface area contributed by atoms with Gasteiger partial charge in [-0.05, 0) is 61.8 Å². The van der Waals surface area contributed by atoms with Gasteiger partial charge in [0, 0.05) is 11.9 Å². The first-order chi connectivity index (χ1) is 13.7. The van der Waals surface area contributed by atoms with Gasteiger partial charge in [-0.25, -0.2) is 4.79 Å². The molecule has 0 amide bonds. The SMILES string of the molecule is O=c1oc2c(CN3CCCCC3)c(O)ccc2cc1-c1ccc2c(c1)OCO2. The van der Waals surface area contributed by atoms with Crippen LogP contribution in [0.1, 0.15) is 24.8 Å². The van der Waals surface area contributed by atoms with E-state index in [0.29, 0.717) is 40.3 Å². The Labute approximate surface area is 161 Å². The second kappa shape index (κ2) is 6.87. The number of hydrogen-bond donors (Lipinski definition) is 1. The Hall–Kier alpha value is -2.99. The van der Waals surface area contributed by atoms with Gasteiger partial charge in [0.25, 0.3) is 0 Å². The summed E-state index contributed by atoms with van der Waals surface area (Å²) in [5, 5.41) is 11.2. The molecular weight excluding hydrogens is 358 g/mol. The number of hydrogen-bond acceptors (Lipinski definition) is 6. The van der Waals surface area contributed by atoms with E-state index in [-0.39, 0.29) is 12.5 Å². The van der Waals surface area contributed by atoms with Crippen LogP contribution in [0.3, 0.4) is 0 Å². The zero-order valence-electron chi connectivity index (χ0n) is 15.4. The Morgan fingerprint density at radius 1 is 0.964 bits per heavy atom. The van der Waals surface area contributed by atoms with E-state index in [9.17, 15) is 9.90 Å². The predicted octanol–water partition coefficient (Wildman–Crippen LogP) is 3.88. The largest absolute Gasteiger partial charge is 0.507 e. The molecule has 0 saturated carbocycles. The van der Waals surface area contributed by atoms with Crippen molar-refractivity contribution < 1.29 is 19.0 Å². The number of piperidine rings is 1. The van der Waals surface area contributed by atoms with Crippen LogP contribution in [-0.4, -0.2) is 29.9 Å². The molecule has 28 heavy (non-hydrogen) atoms. The number of nitrogens with zero attached hydrogens (tertiary/aromatic N) is 1. The maximum Gasteiger partial charge on any atom is 0.344 e. The van der Waals surface area contributed by atoms with Gasteiger partial charge in [0.05, 0.1) is 11.1 Å². The van der Waals surface area contributed by atoms with Crippen LogP contribution < -0.4 is 15.1 Å². The van der Waals surface area contributed by atoms with Crippen molar-refractivity contribution in [3.63, 3.8) is 0 Å². The van der Waals surface area contributed by atoms with Gasteiger partial charge >= 0.3 is 5.63 Å². The van der Waals surface area contributed by atoms with E-state index in [2.05, 4.69) is 4.90 Å². The van der Waals surface area contributed by atoms with Crippen molar-refractivity contribution >= 4 is 11.0 Å². The number of ether oxygens (including phenoxy) is 2. The summed E-state index contributed by atoms with van der Waals surface area (Å²) >= 11 is 0. The van der Waals surface area contributed by atoms with E-state index in [1.54, 1.807) is 24.3 Å². The van der Waals surface area contributed by atoms with Crippen molar-refractivity contribution in [3.8, 4) is 28.4 Å². The normalized spacial score (nSPS) is 16.6. The Kier molecular flexibility index (Phi) is 4.20. The zero-order valence-corrected chi connectivity index (χ0v) is 15.4. The molecule has 0 bridgehead atoms. The summed E-state index contributed by atoms with van der Waals surface area (Å²) in [7, 11) is 0. The molecule has 2 aromatic carbocycles. The van der Waals surface area contributed by atoms with Crippen LogP contribution in [0.25, 0.3) is 22.1 Å². The van der Waals surface area contributed by atoms with E-state index >= 15 is 0 Å². The number of fused-ring (bicyclic) bond motifs is 2. The molecular formula is C22H21NO5. The standard InChI is InChI=1S/C22H21NO5/c24-18-6-4-15-10-16(14-5-7-19-20(11-14)27-13-26-19)22(25)28-21(15)17(18)12-23-8-2-1-3-9-23/h4-7,10-11,24H,1-3,8-9,12-13H2. The summed E-state index contributed by atoms with van der Waals surface area (Å²) in [4.78, 5) is 15.1. The molecule has 1 fully saturated rings. The zero-order chi connectivity index (χ0) is 19.1. The first kappa shape index (κ1) is 17.1. The molecule has 1 N–H and O–H groups in total. The lowest BCUT2D eigenvalue weighted by molar-refractivity contribution is 0.174. The second-order valence-electron chi connectivity index (χ2n) is 7.33. The number of benzene rings is 2. The third-order valence-corrected chi connectivity index (χ3v) is 5.49. The van der Waals surface area contributed by atoms with Gasteiger partial charge in [-0.3, -0.25) is 4.90 Å². The molecule has 2 aliphatic rings. The average molecular weight is 379 g/mol. The molecule has 144 valence electrons. The van der Waals surface area contributed by atoms with Crippen LogP contribution in [0.2, 0.25) is 0 Å². The fourth-order valence-electron chi connectivity index (χ4n) is 3.99. The molecule has 5 rings (SSSR count). The summed E-state index contributed by atoms with van der Waals surface area (Å²) in [6.45, 7) is 2.75. The van der Waals surface area contributed by atoms with Crippen molar-refractivity contribution in [3.05, 3.63) is 52.4 Å².